The summed E-state index contributed by atoms with van der Waals surface area (Å²) in [6, 6.07) is 15.0. The number of carboxylic acids is 1. The zero-order valence-corrected chi connectivity index (χ0v) is 12.4. The van der Waals surface area contributed by atoms with E-state index in [1.165, 1.54) is 0 Å². The Morgan fingerprint density at radius 2 is 1.87 bits per heavy atom. The third-order valence-electron chi connectivity index (χ3n) is 3.67. The lowest BCUT2D eigenvalue weighted by atomic mass is 10.1. The van der Waals surface area contributed by atoms with Crippen LogP contribution in [-0.4, -0.2) is 17.0 Å². The fourth-order valence-electron chi connectivity index (χ4n) is 2.46. The Morgan fingerprint density at radius 3 is 2.61 bits per heavy atom. The number of para-hydroxylation sites is 1. The second-order valence-corrected chi connectivity index (χ2v) is 5.29. The third kappa shape index (κ3) is 3.40. The first kappa shape index (κ1) is 14.8. The number of hydrogen-bond donors (Lipinski definition) is 3. The first-order chi connectivity index (χ1) is 11.1. The lowest BCUT2D eigenvalue weighted by molar-refractivity contribution is -0.137. The van der Waals surface area contributed by atoms with Crippen LogP contribution in [-0.2, 0) is 16.0 Å². The van der Waals surface area contributed by atoms with Gasteiger partial charge in [-0.05, 0) is 30.2 Å². The molecule has 1 amide bonds. The maximum Gasteiger partial charge on any atom is 0.303 e. The van der Waals surface area contributed by atoms with Crippen LogP contribution >= 0.6 is 0 Å². The molecule has 116 valence electrons. The van der Waals surface area contributed by atoms with Crippen LogP contribution < -0.4 is 10.6 Å². The van der Waals surface area contributed by atoms with Crippen molar-refractivity contribution in [2.75, 3.05) is 10.6 Å². The summed E-state index contributed by atoms with van der Waals surface area (Å²) in [5, 5.41) is 14.6. The van der Waals surface area contributed by atoms with E-state index >= 15 is 0 Å². The molecular weight excluding hydrogens is 292 g/mol. The summed E-state index contributed by atoms with van der Waals surface area (Å²) in [6.45, 7) is 0. The van der Waals surface area contributed by atoms with E-state index in [4.69, 9.17) is 5.11 Å². The Kier molecular flexibility index (Phi) is 4.10. The van der Waals surface area contributed by atoms with Crippen molar-refractivity contribution in [2.24, 2.45) is 0 Å². The molecule has 0 unspecified atom stereocenters. The van der Waals surface area contributed by atoms with Crippen molar-refractivity contribution in [1.82, 2.24) is 0 Å². The first-order valence-electron chi connectivity index (χ1n) is 7.32. The summed E-state index contributed by atoms with van der Waals surface area (Å²) in [6.07, 6.45) is 2.31. The number of aliphatic carboxylic acids is 1. The highest BCUT2D eigenvalue weighted by Crippen LogP contribution is 2.31. The van der Waals surface area contributed by atoms with Crippen LogP contribution in [0.25, 0.3) is 5.57 Å². The summed E-state index contributed by atoms with van der Waals surface area (Å²) in [5.41, 5.74) is 4.09. The fraction of sp³-hybridized carbons (Fsp3) is 0.111. The maximum atomic E-state index is 12.0. The standard InChI is InChI=1S/C18H16N2O3/c21-17(22)10-7-12-5-8-13(9-6-12)19-11-15-14-3-1-2-4-16(14)20-18(15)23/h1-6,8-9,11,19H,7,10H2,(H,20,23)(H,21,22)/b15-11-. The van der Waals surface area contributed by atoms with Gasteiger partial charge in [0.2, 0.25) is 0 Å². The van der Waals surface area contributed by atoms with Gasteiger partial charge < -0.3 is 15.7 Å². The van der Waals surface area contributed by atoms with Gasteiger partial charge in [0.25, 0.3) is 5.91 Å². The van der Waals surface area contributed by atoms with Crippen LogP contribution in [0, 0.1) is 0 Å². The van der Waals surface area contributed by atoms with Crippen LogP contribution in [0.3, 0.4) is 0 Å². The molecule has 0 atom stereocenters. The van der Waals surface area contributed by atoms with E-state index in [1.807, 2.05) is 48.5 Å². The van der Waals surface area contributed by atoms with E-state index < -0.39 is 5.97 Å². The molecule has 5 heteroatoms. The normalized spacial score (nSPS) is 14.4. The molecule has 5 nitrogen and oxygen atoms in total. The topological polar surface area (TPSA) is 78.4 Å². The van der Waals surface area contributed by atoms with Crippen molar-refractivity contribution in [1.29, 1.82) is 0 Å². The summed E-state index contributed by atoms with van der Waals surface area (Å²) in [7, 11) is 0. The summed E-state index contributed by atoms with van der Waals surface area (Å²) < 4.78 is 0. The van der Waals surface area contributed by atoms with E-state index in [1.54, 1.807) is 6.20 Å². The predicted molar refractivity (Wildman–Crippen MR) is 89.1 cm³/mol. The van der Waals surface area contributed by atoms with Crippen molar-refractivity contribution in [2.45, 2.75) is 12.8 Å². The summed E-state index contributed by atoms with van der Waals surface area (Å²) in [5.74, 6) is -0.931. The maximum absolute atomic E-state index is 12.0. The van der Waals surface area contributed by atoms with Gasteiger partial charge in [0.15, 0.2) is 0 Å². The molecule has 3 rings (SSSR count). The van der Waals surface area contributed by atoms with Gasteiger partial charge in [-0.25, -0.2) is 0 Å². The van der Waals surface area contributed by atoms with Crippen LogP contribution in [0.4, 0.5) is 11.4 Å². The number of anilines is 2. The van der Waals surface area contributed by atoms with E-state index in [9.17, 15) is 9.59 Å². The van der Waals surface area contributed by atoms with Crippen molar-refractivity contribution < 1.29 is 14.7 Å². The van der Waals surface area contributed by atoms with Crippen molar-refractivity contribution in [3.05, 3.63) is 65.9 Å². The van der Waals surface area contributed by atoms with E-state index in [0.717, 1.165) is 22.5 Å². The largest absolute Gasteiger partial charge is 0.481 e. The molecule has 3 N–H and O–H groups in total. The molecule has 23 heavy (non-hydrogen) atoms. The minimum atomic E-state index is -0.803. The lowest BCUT2D eigenvalue weighted by Crippen LogP contribution is -2.05. The van der Waals surface area contributed by atoms with Crippen LogP contribution in [0.5, 0.6) is 0 Å². The van der Waals surface area contributed by atoms with E-state index in [2.05, 4.69) is 10.6 Å². The molecule has 0 aliphatic carbocycles. The summed E-state index contributed by atoms with van der Waals surface area (Å²) in [4.78, 5) is 22.5. The molecule has 0 saturated carbocycles. The molecule has 0 aromatic heterocycles. The van der Waals surface area contributed by atoms with Gasteiger partial charge in [-0.3, -0.25) is 9.59 Å². The predicted octanol–water partition coefficient (Wildman–Crippen LogP) is 3.11. The number of carbonyl (C=O) groups is 2. The molecule has 2 aromatic rings. The molecule has 2 aromatic carbocycles. The van der Waals surface area contributed by atoms with Crippen LogP contribution in [0.15, 0.2) is 54.7 Å². The van der Waals surface area contributed by atoms with Crippen LogP contribution in [0.2, 0.25) is 0 Å². The highest BCUT2D eigenvalue weighted by molar-refractivity contribution is 6.31. The quantitative estimate of drug-likeness (QED) is 0.742. The zero-order chi connectivity index (χ0) is 16.2. The SMILES string of the molecule is O=C(O)CCc1ccc(N/C=C2\C(=O)Nc3ccccc32)cc1. The van der Waals surface area contributed by atoms with Gasteiger partial charge in [0.05, 0.1) is 5.57 Å². The Morgan fingerprint density at radius 1 is 1.13 bits per heavy atom. The molecular formula is C18H16N2O3. The summed E-state index contributed by atoms with van der Waals surface area (Å²) >= 11 is 0. The van der Waals surface area contributed by atoms with Crippen molar-refractivity contribution in [3.63, 3.8) is 0 Å². The minimum Gasteiger partial charge on any atom is -0.481 e. The monoisotopic (exact) mass is 308 g/mol. The van der Waals surface area contributed by atoms with Gasteiger partial charge in [-0.1, -0.05) is 30.3 Å². The molecule has 0 fully saturated rings. The Hall–Kier alpha value is -3.08. The van der Waals surface area contributed by atoms with Gasteiger partial charge in [-0.15, -0.1) is 0 Å². The van der Waals surface area contributed by atoms with Crippen molar-refractivity contribution >= 4 is 28.8 Å². The number of rotatable bonds is 5. The lowest BCUT2D eigenvalue weighted by Gasteiger charge is -2.04. The highest BCUT2D eigenvalue weighted by Gasteiger charge is 2.23. The Labute approximate surface area is 133 Å². The number of benzene rings is 2. The molecule has 0 bridgehead atoms. The average molecular weight is 308 g/mol. The Balaban J connectivity index is 1.70. The molecule has 1 aliphatic rings. The highest BCUT2D eigenvalue weighted by atomic mass is 16.4. The smallest absolute Gasteiger partial charge is 0.303 e. The van der Waals surface area contributed by atoms with Crippen molar-refractivity contribution in [3.8, 4) is 0 Å². The van der Waals surface area contributed by atoms with E-state index in [0.29, 0.717) is 12.0 Å². The van der Waals surface area contributed by atoms with E-state index in [-0.39, 0.29) is 12.3 Å². The van der Waals surface area contributed by atoms with Gasteiger partial charge in [-0.2, -0.15) is 0 Å². The molecule has 0 radical (unpaired) electrons. The molecule has 0 spiro atoms. The zero-order valence-electron chi connectivity index (χ0n) is 12.4. The third-order valence-corrected chi connectivity index (χ3v) is 3.67. The average Bonchev–Trinajstić information content (AvgIpc) is 2.87. The second-order valence-electron chi connectivity index (χ2n) is 5.29. The van der Waals surface area contributed by atoms with Gasteiger partial charge in [0.1, 0.15) is 0 Å². The molecule has 1 heterocycles. The fourth-order valence-corrected chi connectivity index (χ4v) is 2.46. The van der Waals surface area contributed by atoms with Gasteiger partial charge in [0, 0.05) is 29.6 Å². The molecule has 1 aliphatic heterocycles. The van der Waals surface area contributed by atoms with Gasteiger partial charge >= 0.3 is 5.97 Å². The number of nitrogens with one attached hydrogen (secondary N) is 2. The molecule has 0 saturated heterocycles. The number of carboxylic acid groups (broad SMARTS) is 1. The number of amides is 1. The number of fused-ring (bicyclic) bond motifs is 1. The minimum absolute atomic E-state index is 0.119. The second kappa shape index (κ2) is 6.36. The number of aryl methyl sites for hydroxylation is 1. The number of hydrogen-bond acceptors (Lipinski definition) is 3. The first-order valence-corrected chi connectivity index (χ1v) is 7.32. The number of carbonyl (C=O) groups excluding carboxylic acids is 1. The van der Waals surface area contributed by atoms with Crippen LogP contribution in [0.1, 0.15) is 17.5 Å². The Bertz CT molecular complexity index is 779.